The summed E-state index contributed by atoms with van der Waals surface area (Å²) in [7, 11) is 0. The van der Waals surface area contributed by atoms with Crippen LogP contribution in [0.5, 0.6) is 0 Å². The molecule has 4 rings (SSSR count). The van der Waals surface area contributed by atoms with Crippen LogP contribution in [-0.4, -0.2) is 15.9 Å². The molecule has 0 fully saturated rings. The van der Waals surface area contributed by atoms with Gasteiger partial charge in [-0.05, 0) is 61.4 Å². The van der Waals surface area contributed by atoms with Crippen molar-refractivity contribution in [2.45, 2.75) is 20.4 Å². The second-order valence-corrected chi connectivity index (χ2v) is 7.85. The van der Waals surface area contributed by atoms with E-state index in [9.17, 15) is 4.79 Å². The number of pyridine rings is 1. The van der Waals surface area contributed by atoms with Crippen LogP contribution < -0.4 is 4.90 Å². The van der Waals surface area contributed by atoms with Gasteiger partial charge in [-0.15, -0.1) is 0 Å². The molecule has 0 spiro atoms. The molecule has 0 bridgehead atoms. The molecule has 0 aliphatic rings. The Morgan fingerprint density at radius 3 is 2.69 bits per heavy atom. The van der Waals surface area contributed by atoms with Crippen LogP contribution >= 0.6 is 23.2 Å². The van der Waals surface area contributed by atoms with E-state index in [1.807, 2.05) is 32.0 Å². The van der Waals surface area contributed by atoms with Crippen LogP contribution in [0.2, 0.25) is 10.0 Å². The Labute approximate surface area is 179 Å². The van der Waals surface area contributed by atoms with E-state index in [0.29, 0.717) is 27.8 Å². The van der Waals surface area contributed by atoms with Gasteiger partial charge >= 0.3 is 0 Å². The first-order valence-electron chi connectivity index (χ1n) is 9.19. The number of rotatable bonds is 4. The number of anilines is 1. The molecule has 0 saturated carbocycles. The number of aryl methyl sites for hydroxylation is 2. The number of H-pyrrole nitrogens is 1. The van der Waals surface area contributed by atoms with Gasteiger partial charge in [-0.25, -0.2) is 0 Å². The lowest BCUT2D eigenvalue weighted by molar-refractivity contribution is 0.0984. The molecule has 0 atom stereocenters. The van der Waals surface area contributed by atoms with E-state index in [4.69, 9.17) is 23.2 Å². The quantitative estimate of drug-likeness (QED) is 0.416. The Morgan fingerprint density at radius 1 is 1.10 bits per heavy atom. The van der Waals surface area contributed by atoms with Crippen LogP contribution in [-0.2, 0) is 6.54 Å². The first-order chi connectivity index (χ1) is 13.9. The van der Waals surface area contributed by atoms with Crippen LogP contribution in [0.3, 0.4) is 0 Å². The van der Waals surface area contributed by atoms with Gasteiger partial charge in [-0.1, -0.05) is 35.3 Å². The van der Waals surface area contributed by atoms with Crippen LogP contribution in [0.25, 0.3) is 10.9 Å². The van der Waals surface area contributed by atoms with Gasteiger partial charge in [0.05, 0.1) is 17.3 Å². The summed E-state index contributed by atoms with van der Waals surface area (Å²) in [4.78, 5) is 22.7. The van der Waals surface area contributed by atoms with Crippen LogP contribution in [0, 0.1) is 13.8 Å². The van der Waals surface area contributed by atoms with Crippen molar-refractivity contribution >= 4 is 45.7 Å². The number of aromatic amines is 1. The van der Waals surface area contributed by atoms with Gasteiger partial charge in [0.2, 0.25) is 0 Å². The molecule has 2 aromatic carbocycles. The molecule has 2 heterocycles. The fraction of sp³-hybridized carbons (Fsp3) is 0.130. The predicted molar refractivity (Wildman–Crippen MR) is 119 cm³/mol. The average molecular weight is 424 g/mol. The number of amides is 1. The highest BCUT2D eigenvalue weighted by atomic mass is 35.5. The van der Waals surface area contributed by atoms with Gasteiger partial charge in [0.15, 0.2) is 0 Å². The van der Waals surface area contributed by atoms with Crippen LogP contribution in [0.1, 0.15) is 27.2 Å². The fourth-order valence-corrected chi connectivity index (χ4v) is 4.00. The summed E-state index contributed by atoms with van der Waals surface area (Å²) in [6.07, 6.45) is 3.31. The number of benzene rings is 2. The van der Waals surface area contributed by atoms with Crippen molar-refractivity contribution in [1.29, 1.82) is 0 Å². The van der Waals surface area contributed by atoms with Crippen molar-refractivity contribution in [1.82, 2.24) is 9.97 Å². The summed E-state index contributed by atoms with van der Waals surface area (Å²) in [6, 6.07) is 15.0. The van der Waals surface area contributed by atoms with Crippen molar-refractivity contribution < 1.29 is 4.79 Å². The third-order valence-electron chi connectivity index (χ3n) is 4.91. The number of hydrogen-bond acceptors (Lipinski definition) is 2. The summed E-state index contributed by atoms with van der Waals surface area (Å²) in [6.45, 7) is 4.26. The van der Waals surface area contributed by atoms with Gasteiger partial charge < -0.3 is 9.88 Å². The third-order valence-corrected chi connectivity index (χ3v) is 5.45. The Balaban J connectivity index is 1.84. The minimum atomic E-state index is -0.140. The molecule has 2 aromatic heterocycles. The zero-order chi connectivity index (χ0) is 20.5. The van der Waals surface area contributed by atoms with Gasteiger partial charge in [-0.3, -0.25) is 9.78 Å². The number of carbonyl (C=O) groups is 1. The van der Waals surface area contributed by atoms with Crippen molar-refractivity contribution in [3.8, 4) is 0 Å². The molecule has 29 heavy (non-hydrogen) atoms. The van der Waals surface area contributed by atoms with Crippen molar-refractivity contribution in [2.24, 2.45) is 0 Å². The maximum Gasteiger partial charge on any atom is 0.259 e. The topological polar surface area (TPSA) is 49.0 Å². The molecule has 4 aromatic rings. The van der Waals surface area contributed by atoms with Crippen molar-refractivity contribution in [3.63, 3.8) is 0 Å². The molecule has 0 radical (unpaired) electrons. The lowest BCUT2D eigenvalue weighted by Gasteiger charge is -2.25. The van der Waals surface area contributed by atoms with Crippen molar-refractivity contribution in [2.75, 3.05) is 4.90 Å². The number of carbonyl (C=O) groups excluding carboxylic acids is 1. The van der Waals surface area contributed by atoms with Gasteiger partial charge in [-0.2, -0.15) is 0 Å². The normalized spacial score (nSPS) is 11.0. The minimum absolute atomic E-state index is 0.140. The second kappa shape index (κ2) is 7.90. The summed E-state index contributed by atoms with van der Waals surface area (Å²) >= 11 is 12.6. The molecule has 0 aliphatic heterocycles. The number of nitrogens with zero attached hydrogens (tertiary/aromatic N) is 2. The lowest BCUT2D eigenvalue weighted by Crippen LogP contribution is -2.31. The second-order valence-electron chi connectivity index (χ2n) is 7.01. The fourth-order valence-electron chi connectivity index (χ4n) is 3.49. The predicted octanol–water partition coefficient (Wildman–Crippen LogP) is 6.33. The molecule has 0 saturated heterocycles. The number of aromatic nitrogens is 2. The molecular formula is C23H19Cl2N3O. The Morgan fingerprint density at radius 2 is 1.93 bits per heavy atom. The van der Waals surface area contributed by atoms with E-state index in [-0.39, 0.29) is 5.91 Å². The largest absolute Gasteiger partial charge is 0.359 e. The highest BCUT2D eigenvalue weighted by Gasteiger charge is 2.23. The van der Waals surface area contributed by atoms with Crippen LogP contribution in [0.4, 0.5) is 5.69 Å². The first-order valence-corrected chi connectivity index (χ1v) is 9.94. The lowest BCUT2D eigenvalue weighted by atomic mass is 10.1. The smallest absolute Gasteiger partial charge is 0.259 e. The standard InChI is InChI=1S/C23H19Cl2N3O/c1-14-12-26-9-8-18(14)23(29)28(22-7-6-17(24)11-20(22)25)13-16-4-3-5-21-19(16)10-15(2)27-21/h3-12,27H,13H2,1-2H3. The minimum Gasteiger partial charge on any atom is -0.359 e. The zero-order valence-electron chi connectivity index (χ0n) is 16.0. The average Bonchev–Trinajstić information content (AvgIpc) is 3.07. The monoisotopic (exact) mass is 423 g/mol. The van der Waals surface area contributed by atoms with Gasteiger partial charge in [0.25, 0.3) is 5.91 Å². The molecular weight excluding hydrogens is 405 g/mol. The summed E-state index contributed by atoms with van der Waals surface area (Å²) in [5.74, 6) is -0.140. The molecule has 0 aliphatic carbocycles. The van der Waals surface area contributed by atoms with Gasteiger partial charge in [0.1, 0.15) is 0 Å². The molecule has 4 nitrogen and oxygen atoms in total. The summed E-state index contributed by atoms with van der Waals surface area (Å²) in [5.41, 5.74) is 5.14. The maximum absolute atomic E-state index is 13.5. The molecule has 146 valence electrons. The highest BCUT2D eigenvalue weighted by molar-refractivity contribution is 6.37. The highest BCUT2D eigenvalue weighted by Crippen LogP contribution is 2.32. The number of halogens is 2. The van der Waals surface area contributed by atoms with E-state index >= 15 is 0 Å². The molecule has 0 unspecified atom stereocenters. The van der Waals surface area contributed by atoms with E-state index in [2.05, 4.69) is 16.0 Å². The molecule has 1 N–H and O–H groups in total. The number of hydrogen-bond donors (Lipinski definition) is 1. The van der Waals surface area contributed by atoms with E-state index < -0.39 is 0 Å². The van der Waals surface area contributed by atoms with E-state index in [1.165, 1.54) is 0 Å². The Hall–Kier alpha value is -2.82. The third kappa shape index (κ3) is 3.86. The SMILES string of the molecule is Cc1cc2c(CN(C(=O)c3ccncc3C)c3ccc(Cl)cc3Cl)cccc2[nH]1. The zero-order valence-corrected chi connectivity index (χ0v) is 17.6. The first kappa shape index (κ1) is 19.5. The van der Waals surface area contributed by atoms with E-state index in [0.717, 1.165) is 27.7 Å². The summed E-state index contributed by atoms with van der Waals surface area (Å²) < 4.78 is 0. The maximum atomic E-state index is 13.5. The van der Waals surface area contributed by atoms with Gasteiger partial charge in [0, 0.05) is 39.6 Å². The summed E-state index contributed by atoms with van der Waals surface area (Å²) in [5, 5.41) is 2.03. The number of fused-ring (bicyclic) bond motifs is 1. The number of nitrogens with one attached hydrogen (secondary N) is 1. The van der Waals surface area contributed by atoms with E-state index in [1.54, 1.807) is 41.6 Å². The molecule has 6 heteroatoms. The Bertz CT molecular complexity index is 1220. The molecule has 1 amide bonds. The van der Waals surface area contributed by atoms with Crippen molar-refractivity contribution in [3.05, 3.63) is 93.4 Å². The van der Waals surface area contributed by atoms with Crippen LogP contribution in [0.15, 0.2) is 60.9 Å². The Kier molecular flexibility index (Phi) is 5.31.